The van der Waals surface area contributed by atoms with Crippen molar-refractivity contribution < 1.29 is 22.4 Å². The Balaban J connectivity index is 2.51. The fourth-order valence-corrected chi connectivity index (χ4v) is 1.51. The Kier molecular flexibility index (Phi) is 2.75. The van der Waals surface area contributed by atoms with E-state index in [1.807, 2.05) is 0 Å². The van der Waals surface area contributed by atoms with Gasteiger partial charge >= 0.3 is 6.18 Å². The number of halogens is 3. The molecule has 5 heteroatoms. The van der Waals surface area contributed by atoms with Crippen LogP contribution in [-0.2, 0) is 6.18 Å². The van der Waals surface area contributed by atoms with Crippen molar-refractivity contribution in [3.05, 3.63) is 47.9 Å². The van der Waals surface area contributed by atoms with Gasteiger partial charge < -0.3 is 4.42 Å². The lowest BCUT2D eigenvalue weighted by Crippen LogP contribution is -2.04. The van der Waals surface area contributed by atoms with Crippen LogP contribution in [0.4, 0.5) is 13.2 Å². The van der Waals surface area contributed by atoms with E-state index in [9.17, 15) is 18.0 Å². The first-order valence-electron chi connectivity index (χ1n) is 4.72. The van der Waals surface area contributed by atoms with E-state index in [-0.39, 0.29) is 5.76 Å². The maximum atomic E-state index is 12.5. The van der Waals surface area contributed by atoms with Gasteiger partial charge in [-0.2, -0.15) is 13.2 Å². The van der Waals surface area contributed by atoms with Crippen LogP contribution >= 0.6 is 0 Å². The summed E-state index contributed by atoms with van der Waals surface area (Å²) in [5.41, 5.74) is -0.102. The summed E-state index contributed by atoms with van der Waals surface area (Å²) in [6.45, 7) is 0. The zero-order chi connectivity index (χ0) is 12.5. The van der Waals surface area contributed by atoms with Gasteiger partial charge in [0.05, 0.1) is 11.8 Å². The number of aldehydes is 1. The van der Waals surface area contributed by atoms with E-state index in [0.717, 1.165) is 12.1 Å². The molecule has 0 spiro atoms. The van der Waals surface area contributed by atoms with Gasteiger partial charge in [0.1, 0.15) is 0 Å². The molecule has 0 saturated carbocycles. The summed E-state index contributed by atoms with van der Waals surface area (Å²) in [4.78, 5) is 10.6. The molecule has 0 bridgehead atoms. The Bertz CT molecular complexity index is 541. The lowest BCUT2D eigenvalue weighted by Gasteiger charge is -2.07. The second-order valence-corrected chi connectivity index (χ2v) is 3.39. The minimum absolute atomic E-state index is 0.0179. The van der Waals surface area contributed by atoms with Crippen LogP contribution in [0.2, 0.25) is 0 Å². The number of hydrogen-bond acceptors (Lipinski definition) is 2. The molecule has 0 saturated heterocycles. The van der Waals surface area contributed by atoms with Crippen LogP contribution in [-0.4, -0.2) is 6.29 Å². The molecule has 0 atom stereocenters. The molecule has 0 unspecified atom stereocenters. The van der Waals surface area contributed by atoms with Crippen LogP contribution in [0.5, 0.6) is 0 Å². The van der Waals surface area contributed by atoms with Crippen molar-refractivity contribution in [3.63, 3.8) is 0 Å². The van der Waals surface area contributed by atoms with Gasteiger partial charge in [0.15, 0.2) is 12.0 Å². The van der Waals surface area contributed by atoms with Gasteiger partial charge in [-0.3, -0.25) is 4.79 Å². The Labute approximate surface area is 94.7 Å². The van der Waals surface area contributed by atoms with Gasteiger partial charge in [0.25, 0.3) is 0 Å². The van der Waals surface area contributed by atoms with Crippen LogP contribution in [0.25, 0.3) is 11.1 Å². The molecule has 0 aliphatic carbocycles. The minimum atomic E-state index is -4.40. The van der Waals surface area contributed by atoms with Crippen molar-refractivity contribution >= 4 is 6.29 Å². The van der Waals surface area contributed by atoms with Crippen molar-refractivity contribution in [3.8, 4) is 11.1 Å². The number of furan rings is 1. The highest BCUT2D eigenvalue weighted by atomic mass is 19.4. The normalized spacial score (nSPS) is 11.5. The lowest BCUT2D eigenvalue weighted by molar-refractivity contribution is -0.137. The molecule has 1 heterocycles. The van der Waals surface area contributed by atoms with E-state index >= 15 is 0 Å². The molecule has 2 aromatic rings. The quantitative estimate of drug-likeness (QED) is 0.748. The van der Waals surface area contributed by atoms with Gasteiger partial charge in [-0.05, 0) is 23.8 Å². The maximum absolute atomic E-state index is 12.5. The Morgan fingerprint density at radius 2 is 1.94 bits per heavy atom. The third-order valence-electron chi connectivity index (χ3n) is 2.30. The number of rotatable bonds is 2. The van der Waals surface area contributed by atoms with Crippen LogP contribution in [0.3, 0.4) is 0 Å². The highest BCUT2D eigenvalue weighted by molar-refractivity contribution is 5.84. The van der Waals surface area contributed by atoms with Gasteiger partial charge in [-0.15, -0.1) is 0 Å². The molecule has 2 rings (SSSR count). The summed E-state index contributed by atoms with van der Waals surface area (Å²) in [6, 6.07) is 6.20. The summed E-state index contributed by atoms with van der Waals surface area (Å²) in [5, 5.41) is 0. The number of carbonyl (C=O) groups excluding carboxylic acids is 1. The van der Waals surface area contributed by atoms with Crippen LogP contribution in [0.1, 0.15) is 16.1 Å². The van der Waals surface area contributed by atoms with Gasteiger partial charge in [0.2, 0.25) is 0 Å². The molecule has 0 amide bonds. The monoisotopic (exact) mass is 240 g/mol. The zero-order valence-electron chi connectivity index (χ0n) is 8.49. The number of benzene rings is 1. The maximum Gasteiger partial charge on any atom is 0.416 e. The zero-order valence-corrected chi connectivity index (χ0v) is 8.49. The molecule has 0 N–H and O–H groups in total. The van der Waals surface area contributed by atoms with Crippen molar-refractivity contribution in [2.75, 3.05) is 0 Å². The summed E-state index contributed by atoms with van der Waals surface area (Å²) in [7, 11) is 0. The smallest absolute Gasteiger partial charge is 0.416 e. The van der Waals surface area contributed by atoms with E-state index in [4.69, 9.17) is 4.42 Å². The van der Waals surface area contributed by atoms with E-state index in [2.05, 4.69) is 0 Å². The predicted molar refractivity (Wildman–Crippen MR) is 54.5 cm³/mol. The largest absolute Gasteiger partial charge is 0.461 e. The highest BCUT2D eigenvalue weighted by Gasteiger charge is 2.30. The standard InChI is InChI=1S/C12H7F3O2/c13-12(14,15)9-3-1-2-8(6-9)10-4-5-17-11(10)7-16/h1-7H. The van der Waals surface area contributed by atoms with Crippen LogP contribution < -0.4 is 0 Å². The average Bonchev–Trinajstić information content (AvgIpc) is 2.76. The summed E-state index contributed by atoms with van der Waals surface area (Å²) >= 11 is 0. The Morgan fingerprint density at radius 1 is 1.18 bits per heavy atom. The molecular weight excluding hydrogens is 233 g/mol. The molecular formula is C12H7F3O2. The second kappa shape index (κ2) is 4.08. The minimum Gasteiger partial charge on any atom is -0.461 e. The van der Waals surface area contributed by atoms with E-state index in [1.165, 1.54) is 24.5 Å². The molecule has 0 aliphatic heterocycles. The summed E-state index contributed by atoms with van der Waals surface area (Å²) in [5.74, 6) is 0.0179. The first-order chi connectivity index (χ1) is 8.02. The molecule has 0 radical (unpaired) electrons. The van der Waals surface area contributed by atoms with E-state index in [0.29, 0.717) is 17.4 Å². The summed E-state index contributed by atoms with van der Waals surface area (Å²) in [6.07, 6.45) is -2.67. The highest BCUT2D eigenvalue weighted by Crippen LogP contribution is 2.33. The third kappa shape index (κ3) is 2.22. The van der Waals surface area contributed by atoms with Gasteiger partial charge in [-0.25, -0.2) is 0 Å². The third-order valence-corrected chi connectivity index (χ3v) is 2.30. The molecule has 0 aliphatic rings. The van der Waals surface area contributed by atoms with E-state index < -0.39 is 11.7 Å². The predicted octanol–water partition coefficient (Wildman–Crippen LogP) is 3.78. The first kappa shape index (κ1) is 11.4. The fraction of sp³-hybridized carbons (Fsp3) is 0.0833. The molecule has 17 heavy (non-hydrogen) atoms. The molecule has 2 nitrogen and oxygen atoms in total. The lowest BCUT2D eigenvalue weighted by atomic mass is 10.0. The Hall–Kier alpha value is -2.04. The van der Waals surface area contributed by atoms with Crippen LogP contribution in [0.15, 0.2) is 41.0 Å². The summed E-state index contributed by atoms with van der Waals surface area (Å²) < 4.78 is 42.3. The van der Waals surface area contributed by atoms with Gasteiger partial charge in [0, 0.05) is 5.56 Å². The average molecular weight is 240 g/mol. The molecule has 88 valence electrons. The SMILES string of the molecule is O=Cc1occc1-c1cccc(C(F)(F)F)c1. The Morgan fingerprint density at radius 3 is 2.59 bits per heavy atom. The van der Waals surface area contributed by atoms with Crippen molar-refractivity contribution in [2.24, 2.45) is 0 Å². The molecule has 0 fully saturated rings. The van der Waals surface area contributed by atoms with Gasteiger partial charge in [-0.1, -0.05) is 12.1 Å². The van der Waals surface area contributed by atoms with E-state index in [1.54, 1.807) is 0 Å². The number of hydrogen-bond donors (Lipinski definition) is 0. The number of carbonyl (C=O) groups is 1. The number of alkyl halides is 3. The second-order valence-electron chi connectivity index (χ2n) is 3.39. The van der Waals surface area contributed by atoms with Crippen LogP contribution in [0, 0.1) is 0 Å². The van der Waals surface area contributed by atoms with Crippen molar-refractivity contribution in [1.82, 2.24) is 0 Å². The fourth-order valence-electron chi connectivity index (χ4n) is 1.51. The van der Waals surface area contributed by atoms with Crippen molar-refractivity contribution in [2.45, 2.75) is 6.18 Å². The first-order valence-corrected chi connectivity index (χ1v) is 4.72. The van der Waals surface area contributed by atoms with Crippen molar-refractivity contribution in [1.29, 1.82) is 0 Å². The molecule has 1 aromatic carbocycles. The topological polar surface area (TPSA) is 30.2 Å². The molecule has 1 aromatic heterocycles.